The van der Waals surface area contributed by atoms with Crippen LogP contribution in [0.25, 0.3) is 0 Å². The van der Waals surface area contributed by atoms with Gasteiger partial charge in [0.05, 0.1) is 5.56 Å². The molecule has 0 atom stereocenters. The number of H-pyrrole nitrogens is 1. The van der Waals surface area contributed by atoms with Gasteiger partial charge in [0.2, 0.25) is 0 Å². The highest BCUT2D eigenvalue weighted by atomic mass is 32.1. The standard InChI is InChI=1S/C12H15N3OS/c1-6-5-10(9(4)17-6)12(16)13-11-7(2)8(3)14-15-11/h5H,1-4H3,(H2,13,14,15,16). The van der Waals surface area contributed by atoms with E-state index in [4.69, 9.17) is 0 Å². The van der Waals surface area contributed by atoms with Crippen LogP contribution in [0.1, 0.15) is 31.4 Å². The Labute approximate surface area is 104 Å². The highest BCUT2D eigenvalue weighted by Crippen LogP contribution is 2.22. The molecule has 0 aliphatic carbocycles. The van der Waals surface area contributed by atoms with Gasteiger partial charge in [-0.3, -0.25) is 9.89 Å². The number of hydrogen-bond acceptors (Lipinski definition) is 3. The molecule has 2 aromatic rings. The summed E-state index contributed by atoms with van der Waals surface area (Å²) in [7, 11) is 0. The number of nitrogens with zero attached hydrogens (tertiary/aromatic N) is 1. The summed E-state index contributed by atoms with van der Waals surface area (Å²) in [6.45, 7) is 7.81. The van der Waals surface area contributed by atoms with E-state index in [0.29, 0.717) is 5.82 Å². The lowest BCUT2D eigenvalue weighted by Crippen LogP contribution is -2.13. The first-order valence-electron chi connectivity index (χ1n) is 5.39. The van der Waals surface area contributed by atoms with E-state index in [1.807, 2.05) is 33.8 Å². The summed E-state index contributed by atoms with van der Waals surface area (Å²) < 4.78 is 0. The molecule has 2 aromatic heterocycles. The maximum absolute atomic E-state index is 12.1. The molecule has 0 aliphatic rings. The molecule has 0 saturated heterocycles. The van der Waals surface area contributed by atoms with Crippen molar-refractivity contribution in [1.82, 2.24) is 10.2 Å². The summed E-state index contributed by atoms with van der Waals surface area (Å²) in [6, 6.07) is 1.91. The number of thiophene rings is 1. The summed E-state index contributed by atoms with van der Waals surface area (Å²) in [6.07, 6.45) is 0. The second-order valence-electron chi connectivity index (χ2n) is 4.10. The number of hydrogen-bond donors (Lipinski definition) is 2. The van der Waals surface area contributed by atoms with Gasteiger partial charge in [-0.15, -0.1) is 11.3 Å². The Morgan fingerprint density at radius 1 is 1.35 bits per heavy atom. The van der Waals surface area contributed by atoms with Crippen molar-refractivity contribution in [2.75, 3.05) is 5.32 Å². The van der Waals surface area contributed by atoms with Crippen LogP contribution in [0.3, 0.4) is 0 Å². The molecular weight excluding hydrogens is 234 g/mol. The molecule has 2 N–H and O–H groups in total. The van der Waals surface area contributed by atoms with E-state index in [1.165, 1.54) is 0 Å². The van der Waals surface area contributed by atoms with Crippen LogP contribution in [0.15, 0.2) is 6.07 Å². The minimum absolute atomic E-state index is 0.0959. The maximum atomic E-state index is 12.1. The molecule has 0 unspecified atom stereocenters. The summed E-state index contributed by atoms with van der Waals surface area (Å²) in [5.74, 6) is 0.511. The summed E-state index contributed by atoms with van der Waals surface area (Å²) >= 11 is 1.63. The van der Waals surface area contributed by atoms with E-state index >= 15 is 0 Å². The van der Waals surface area contributed by atoms with Crippen molar-refractivity contribution in [3.05, 3.63) is 32.6 Å². The first kappa shape index (κ1) is 11.9. The van der Waals surface area contributed by atoms with Gasteiger partial charge < -0.3 is 5.32 Å². The molecule has 0 spiro atoms. The molecule has 0 aromatic carbocycles. The largest absolute Gasteiger partial charge is 0.305 e. The smallest absolute Gasteiger partial charge is 0.257 e. The van der Waals surface area contributed by atoms with Crippen molar-refractivity contribution in [2.45, 2.75) is 27.7 Å². The molecule has 0 aliphatic heterocycles. The molecule has 0 saturated carbocycles. The zero-order valence-electron chi connectivity index (χ0n) is 10.3. The molecule has 0 fully saturated rings. The van der Waals surface area contributed by atoms with Crippen LogP contribution < -0.4 is 5.32 Å². The number of amides is 1. The molecule has 90 valence electrons. The third-order valence-electron chi connectivity index (χ3n) is 2.77. The van der Waals surface area contributed by atoms with Crippen LogP contribution >= 0.6 is 11.3 Å². The number of rotatable bonds is 2. The van der Waals surface area contributed by atoms with Crippen LogP contribution in [0.4, 0.5) is 5.82 Å². The van der Waals surface area contributed by atoms with E-state index in [-0.39, 0.29) is 5.91 Å². The quantitative estimate of drug-likeness (QED) is 0.859. The van der Waals surface area contributed by atoms with Gasteiger partial charge in [-0.1, -0.05) is 0 Å². The van der Waals surface area contributed by atoms with Gasteiger partial charge in [-0.25, -0.2) is 0 Å². The highest BCUT2D eigenvalue weighted by molar-refractivity contribution is 7.12. The Bertz CT molecular complexity index is 568. The lowest BCUT2D eigenvalue weighted by atomic mass is 10.2. The van der Waals surface area contributed by atoms with Crippen molar-refractivity contribution in [3.63, 3.8) is 0 Å². The van der Waals surface area contributed by atoms with Crippen molar-refractivity contribution in [1.29, 1.82) is 0 Å². The zero-order valence-corrected chi connectivity index (χ0v) is 11.2. The average Bonchev–Trinajstić information content (AvgIpc) is 2.75. The molecule has 5 heteroatoms. The molecule has 1 amide bonds. The maximum Gasteiger partial charge on any atom is 0.257 e. The fourth-order valence-electron chi connectivity index (χ4n) is 1.64. The normalized spacial score (nSPS) is 10.6. The van der Waals surface area contributed by atoms with Crippen molar-refractivity contribution >= 4 is 23.1 Å². The predicted octanol–water partition coefficient (Wildman–Crippen LogP) is 2.96. The first-order valence-corrected chi connectivity index (χ1v) is 6.20. The van der Waals surface area contributed by atoms with Gasteiger partial charge in [-0.05, 0) is 33.8 Å². The van der Waals surface area contributed by atoms with E-state index < -0.39 is 0 Å². The fraction of sp³-hybridized carbons (Fsp3) is 0.333. The molecule has 0 radical (unpaired) electrons. The molecule has 2 rings (SSSR count). The third kappa shape index (κ3) is 2.24. The number of nitrogens with one attached hydrogen (secondary N) is 2. The van der Waals surface area contributed by atoms with Gasteiger partial charge in [0.15, 0.2) is 5.82 Å². The lowest BCUT2D eigenvalue weighted by molar-refractivity contribution is 0.102. The second-order valence-corrected chi connectivity index (χ2v) is 5.56. The Morgan fingerprint density at radius 2 is 2.06 bits per heavy atom. The molecule has 2 heterocycles. The van der Waals surface area contributed by atoms with E-state index in [2.05, 4.69) is 15.5 Å². The number of aryl methyl sites for hydroxylation is 3. The topological polar surface area (TPSA) is 57.8 Å². The lowest BCUT2D eigenvalue weighted by Gasteiger charge is -2.02. The summed E-state index contributed by atoms with van der Waals surface area (Å²) in [4.78, 5) is 14.2. The van der Waals surface area contributed by atoms with Gasteiger partial charge in [0.1, 0.15) is 0 Å². The van der Waals surface area contributed by atoms with Gasteiger partial charge >= 0.3 is 0 Å². The first-order chi connectivity index (χ1) is 7.99. The monoisotopic (exact) mass is 249 g/mol. The Morgan fingerprint density at radius 3 is 2.53 bits per heavy atom. The van der Waals surface area contributed by atoms with Gasteiger partial charge in [-0.2, -0.15) is 5.10 Å². The van der Waals surface area contributed by atoms with Crippen LogP contribution in [-0.4, -0.2) is 16.1 Å². The van der Waals surface area contributed by atoms with Gasteiger partial charge in [0.25, 0.3) is 5.91 Å². The second kappa shape index (κ2) is 4.33. The summed E-state index contributed by atoms with van der Waals surface area (Å²) in [5, 5.41) is 9.74. The molecular formula is C12H15N3OS. The van der Waals surface area contributed by atoms with E-state index in [0.717, 1.165) is 26.6 Å². The number of aromatic amines is 1. The van der Waals surface area contributed by atoms with Crippen molar-refractivity contribution in [2.24, 2.45) is 0 Å². The minimum Gasteiger partial charge on any atom is -0.305 e. The summed E-state index contributed by atoms with van der Waals surface area (Å²) in [5.41, 5.74) is 2.68. The Hall–Kier alpha value is -1.62. The number of aromatic nitrogens is 2. The third-order valence-corrected chi connectivity index (χ3v) is 3.74. The fourth-order valence-corrected chi connectivity index (χ4v) is 2.56. The van der Waals surface area contributed by atoms with E-state index in [9.17, 15) is 4.79 Å². The number of carbonyl (C=O) groups excluding carboxylic acids is 1. The average molecular weight is 249 g/mol. The SMILES string of the molecule is Cc1cc(C(=O)Nc2n[nH]c(C)c2C)c(C)s1. The van der Waals surface area contributed by atoms with Crippen LogP contribution in [0.5, 0.6) is 0 Å². The molecule has 0 bridgehead atoms. The predicted molar refractivity (Wildman–Crippen MR) is 69.8 cm³/mol. The van der Waals surface area contributed by atoms with Crippen LogP contribution in [0.2, 0.25) is 0 Å². The highest BCUT2D eigenvalue weighted by Gasteiger charge is 2.14. The van der Waals surface area contributed by atoms with E-state index in [1.54, 1.807) is 11.3 Å². The Balaban J connectivity index is 2.23. The molecule has 4 nitrogen and oxygen atoms in total. The minimum atomic E-state index is -0.0959. The van der Waals surface area contributed by atoms with Crippen molar-refractivity contribution in [3.8, 4) is 0 Å². The van der Waals surface area contributed by atoms with Crippen molar-refractivity contribution < 1.29 is 4.79 Å². The number of anilines is 1. The number of carbonyl (C=O) groups is 1. The van der Waals surface area contributed by atoms with Crippen LogP contribution in [-0.2, 0) is 0 Å². The van der Waals surface area contributed by atoms with Crippen LogP contribution in [0, 0.1) is 27.7 Å². The van der Waals surface area contributed by atoms with Gasteiger partial charge in [0, 0.05) is 21.0 Å². The zero-order chi connectivity index (χ0) is 12.6. The Kier molecular flexibility index (Phi) is 3.02. The molecule has 17 heavy (non-hydrogen) atoms.